The molecule has 2 atom stereocenters. The molecule has 0 spiro atoms. The number of carbonyl (C=O) groups excluding carboxylic acids is 1. The molecule has 2 N–H and O–H groups in total. The lowest BCUT2D eigenvalue weighted by atomic mass is 10.0. The summed E-state index contributed by atoms with van der Waals surface area (Å²) in [5, 5.41) is 12.5. The van der Waals surface area contributed by atoms with Crippen molar-refractivity contribution >= 4 is 22.8 Å². The van der Waals surface area contributed by atoms with Gasteiger partial charge in [-0.05, 0) is 44.4 Å². The van der Waals surface area contributed by atoms with Crippen molar-refractivity contribution in [2.75, 3.05) is 0 Å². The fraction of sp³-hybridized carbons (Fsp3) is 0.450. The lowest BCUT2D eigenvalue weighted by molar-refractivity contribution is -0.143. The van der Waals surface area contributed by atoms with Gasteiger partial charge in [0.2, 0.25) is 0 Å². The van der Waals surface area contributed by atoms with Crippen molar-refractivity contribution in [2.24, 2.45) is 0 Å². The minimum Gasteiger partial charge on any atom is -0.480 e. The first kappa shape index (κ1) is 20.5. The number of ether oxygens (including phenoxy) is 1. The molecule has 7 heteroatoms. The van der Waals surface area contributed by atoms with Crippen LogP contribution in [0, 0.1) is 6.92 Å². The summed E-state index contributed by atoms with van der Waals surface area (Å²) in [6.07, 6.45) is 0.762. The van der Waals surface area contributed by atoms with Gasteiger partial charge in [0.05, 0.1) is 0 Å². The van der Waals surface area contributed by atoms with E-state index in [-0.39, 0.29) is 0 Å². The average Bonchev–Trinajstić information content (AvgIpc) is 2.63. The zero-order valence-corrected chi connectivity index (χ0v) is 16.0. The number of carbonyl (C=O) groups is 2. The van der Waals surface area contributed by atoms with Gasteiger partial charge < -0.3 is 19.6 Å². The molecule has 146 valence electrons. The second-order valence-corrected chi connectivity index (χ2v) is 6.46. The van der Waals surface area contributed by atoms with Gasteiger partial charge in [0, 0.05) is 17.0 Å². The standard InChI is InChI=1S/C20H25NO6/c1-5-7-15(20(24)25)21-19(23)12(4)26-16-9-8-14-13(6-2)10-17(22)27-18(14)11(16)3/h8-10,12,15H,5-7H2,1-4H3,(H,21,23)(H,24,25)/t12-,15+/m1/s1. The number of carboxylic acid groups (broad SMARTS) is 1. The van der Waals surface area contributed by atoms with E-state index < -0.39 is 29.6 Å². The summed E-state index contributed by atoms with van der Waals surface area (Å²) >= 11 is 0. The number of fused-ring (bicyclic) bond motifs is 1. The number of benzene rings is 1. The van der Waals surface area contributed by atoms with Gasteiger partial charge in [-0.2, -0.15) is 0 Å². The molecule has 0 bridgehead atoms. The maximum absolute atomic E-state index is 12.3. The fourth-order valence-electron chi connectivity index (χ4n) is 2.91. The van der Waals surface area contributed by atoms with Gasteiger partial charge in [-0.25, -0.2) is 9.59 Å². The SMILES string of the molecule is CCC[C@H](NC(=O)[C@@H](C)Oc1ccc2c(CC)cc(=O)oc2c1C)C(=O)O. The summed E-state index contributed by atoms with van der Waals surface area (Å²) in [5.74, 6) is -1.18. The molecule has 0 saturated heterocycles. The molecule has 0 radical (unpaired) electrons. The van der Waals surface area contributed by atoms with Gasteiger partial charge in [0.25, 0.3) is 5.91 Å². The van der Waals surface area contributed by atoms with Gasteiger partial charge >= 0.3 is 11.6 Å². The number of rotatable bonds is 8. The van der Waals surface area contributed by atoms with Crippen LogP contribution in [0.5, 0.6) is 5.75 Å². The minimum absolute atomic E-state index is 0.341. The van der Waals surface area contributed by atoms with Crippen molar-refractivity contribution in [2.45, 2.75) is 59.1 Å². The van der Waals surface area contributed by atoms with Gasteiger partial charge in [0.15, 0.2) is 6.10 Å². The molecular formula is C20H25NO6. The van der Waals surface area contributed by atoms with Crippen LogP contribution in [0.3, 0.4) is 0 Å². The summed E-state index contributed by atoms with van der Waals surface area (Å²) in [7, 11) is 0. The van der Waals surface area contributed by atoms with Crippen LogP contribution in [0.2, 0.25) is 0 Å². The summed E-state index contributed by atoms with van der Waals surface area (Å²) in [6, 6.07) is 4.04. The maximum atomic E-state index is 12.3. The normalized spacial score (nSPS) is 13.2. The van der Waals surface area contributed by atoms with Crippen LogP contribution in [-0.2, 0) is 16.0 Å². The molecule has 2 rings (SSSR count). The van der Waals surface area contributed by atoms with Crippen LogP contribution in [0.1, 0.15) is 44.7 Å². The number of hydrogen-bond donors (Lipinski definition) is 2. The Morgan fingerprint density at radius 1 is 1.30 bits per heavy atom. The number of carboxylic acids is 1. The summed E-state index contributed by atoms with van der Waals surface area (Å²) in [4.78, 5) is 35.3. The molecular weight excluding hydrogens is 350 g/mol. The van der Waals surface area contributed by atoms with Crippen LogP contribution in [0.15, 0.2) is 27.4 Å². The quantitative estimate of drug-likeness (QED) is 0.687. The van der Waals surface area contributed by atoms with Crippen LogP contribution in [-0.4, -0.2) is 29.1 Å². The van der Waals surface area contributed by atoms with E-state index in [4.69, 9.17) is 14.3 Å². The Morgan fingerprint density at radius 2 is 2.00 bits per heavy atom. The number of hydrogen-bond acceptors (Lipinski definition) is 5. The van der Waals surface area contributed by atoms with Crippen LogP contribution < -0.4 is 15.7 Å². The molecule has 0 aliphatic carbocycles. The molecule has 1 aromatic carbocycles. The highest BCUT2D eigenvalue weighted by Crippen LogP contribution is 2.29. The van der Waals surface area contributed by atoms with Crippen molar-refractivity contribution in [1.82, 2.24) is 5.32 Å². The Bertz CT molecular complexity index is 901. The highest BCUT2D eigenvalue weighted by atomic mass is 16.5. The van der Waals surface area contributed by atoms with Crippen molar-refractivity contribution in [1.29, 1.82) is 0 Å². The van der Waals surface area contributed by atoms with Gasteiger partial charge in [-0.1, -0.05) is 20.3 Å². The van der Waals surface area contributed by atoms with E-state index in [0.717, 1.165) is 10.9 Å². The number of aliphatic carboxylic acids is 1. The summed E-state index contributed by atoms with van der Waals surface area (Å²) < 4.78 is 11.1. The lowest BCUT2D eigenvalue weighted by Gasteiger charge is -2.19. The summed E-state index contributed by atoms with van der Waals surface area (Å²) in [5.41, 5.74) is 1.49. The van der Waals surface area contributed by atoms with E-state index in [2.05, 4.69) is 5.32 Å². The van der Waals surface area contributed by atoms with Crippen molar-refractivity contribution < 1.29 is 23.8 Å². The third-order valence-electron chi connectivity index (χ3n) is 4.44. The molecule has 0 aliphatic heterocycles. The molecule has 0 saturated carbocycles. The molecule has 0 aliphatic rings. The first-order valence-electron chi connectivity index (χ1n) is 9.04. The molecule has 1 amide bonds. The van der Waals surface area contributed by atoms with Crippen molar-refractivity contribution in [3.8, 4) is 5.75 Å². The number of amides is 1. The molecule has 7 nitrogen and oxygen atoms in total. The van der Waals surface area contributed by atoms with Gasteiger partial charge in [-0.15, -0.1) is 0 Å². The van der Waals surface area contributed by atoms with E-state index in [9.17, 15) is 14.4 Å². The van der Waals surface area contributed by atoms with E-state index in [1.807, 2.05) is 13.8 Å². The molecule has 1 aromatic heterocycles. The Hall–Kier alpha value is -2.83. The molecule has 2 aromatic rings. The summed E-state index contributed by atoms with van der Waals surface area (Å²) in [6.45, 7) is 7.10. The molecule has 0 unspecified atom stereocenters. The number of nitrogens with one attached hydrogen (secondary N) is 1. The Kier molecular flexibility index (Phi) is 6.60. The topological polar surface area (TPSA) is 106 Å². The lowest BCUT2D eigenvalue weighted by Crippen LogP contribution is -2.46. The predicted molar refractivity (Wildman–Crippen MR) is 101 cm³/mol. The maximum Gasteiger partial charge on any atom is 0.336 e. The van der Waals surface area contributed by atoms with E-state index in [1.54, 1.807) is 26.0 Å². The molecule has 1 heterocycles. The zero-order valence-electron chi connectivity index (χ0n) is 16.0. The van der Waals surface area contributed by atoms with Crippen molar-refractivity contribution in [3.05, 3.63) is 39.7 Å². The Labute approximate surface area is 157 Å². The van der Waals surface area contributed by atoms with Crippen LogP contribution in [0.25, 0.3) is 11.0 Å². The van der Waals surface area contributed by atoms with E-state index >= 15 is 0 Å². The third kappa shape index (κ3) is 4.67. The molecule has 0 fully saturated rings. The smallest absolute Gasteiger partial charge is 0.336 e. The monoisotopic (exact) mass is 375 g/mol. The van der Waals surface area contributed by atoms with E-state index in [0.29, 0.717) is 36.2 Å². The minimum atomic E-state index is -1.08. The second kappa shape index (κ2) is 8.70. The Morgan fingerprint density at radius 3 is 2.59 bits per heavy atom. The van der Waals surface area contributed by atoms with Crippen LogP contribution in [0.4, 0.5) is 0 Å². The molecule has 27 heavy (non-hydrogen) atoms. The average molecular weight is 375 g/mol. The van der Waals surface area contributed by atoms with Gasteiger partial charge in [-0.3, -0.25) is 4.79 Å². The van der Waals surface area contributed by atoms with E-state index in [1.165, 1.54) is 6.07 Å². The van der Waals surface area contributed by atoms with Crippen molar-refractivity contribution in [3.63, 3.8) is 0 Å². The van der Waals surface area contributed by atoms with Gasteiger partial charge in [0.1, 0.15) is 17.4 Å². The highest BCUT2D eigenvalue weighted by molar-refractivity contribution is 5.87. The highest BCUT2D eigenvalue weighted by Gasteiger charge is 2.24. The first-order valence-corrected chi connectivity index (χ1v) is 9.04. The fourth-order valence-corrected chi connectivity index (χ4v) is 2.91. The van der Waals surface area contributed by atoms with Crippen LogP contribution >= 0.6 is 0 Å². The predicted octanol–water partition coefficient (Wildman–Crippen LogP) is 2.80. The largest absolute Gasteiger partial charge is 0.480 e. The first-order chi connectivity index (χ1) is 12.8. The third-order valence-corrected chi connectivity index (χ3v) is 4.44. The number of aryl methyl sites for hydroxylation is 2. The Balaban J connectivity index is 2.25. The second-order valence-electron chi connectivity index (χ2n) is 6.46. The zero-order chi connectivity index (χ0) is 20.1.